The second-order valence-electron chi connectivity index (χ2n) is 3.65. The van der Waals surface area contributed by atoms with Crippen molar-refractivity contribution in [3.8, 4) is 0 Å². The number of rotatable bonds is 4. The van der Waals surface area contributed by atoms with Crippen LogP contribution in [0.1, 0.15) is 10.4 Å². The van der Waals surface area contributed by atoms with Gasteiger partial charge in [0.1, 0.15) is 11.6 Å². The SMILES string of the molecule is O=C(CSc1ccc(F)cc1F)c1ccccc1. The zero-order valence-electron chi connectivity index (χ0n) is 9.40. The summed E-state index contributed by atoms with van der Waals surface area (Å²) in [5.74, 6) is -1.21. The fourth-order valence-electron chi connectivity index (χ4n) is 1.44. The Morgan fingerprint density at radius 2 is 1.78 bits per heavy atom. The predicted molar refractivity (Wildman–Crippen MR) is 67.9 cm³/mol. The van der Waals surface area contributed by atoms with E-state index >= 15 is 0 Å². The van der Waals surface area contributed by atoms with E-state index in [1.807, 2.05) is 6.07 Å². The summed E-state index contributed by atoms with van der Waals surface area (Å²) >= 11 is 1.07. The van der Waals surface area contributed by atoms with E-state index in [4.69, 9.17) is 0 Å². The minimum atomic E-state index is -0.638. The van der Waals surface area contributed by atoms with Crippen LogP contribution in [-0.2, 0) is 0 Å². The number of ketones is 1. The lowest BCUT2D eigenvalue weighted by Crippen LogP contribution is -2.02. The molecule has 2 aromatic carbocycles. The molecule has 0 bridgehead atoms. The molecule has 0 heterocycles. The van der Waals surface area contributed by atoms with Gasteiger partial charge in [-0.1, -0.05) is 30.3 Å². The van der Waals surface area contributed by atoms with Gasteiger partial charge in [0, 0.05) is 16.5 Å². The van der Waals surface area contributed by atoms with Crippen molar-refractivity contribution in [3.05, 3.63) is 65.7 Å². The lowest BCUT2D eigenvalue weighted by molar-refractivity contribution is 0.102. The van der Waals surface area contributed by atoms with E-state index < -0.39 is 11.6 Å². The second kappa shape index (κ2) is 5.78. The number of halogens is 2. The quantitative estimate of drug-likeness (QED) is 0.614. The van der Waals surface area contributed by atoms with Gasteiger partial charge in [-0.05, 0) is 12.1 Å². The van der Waals surface area contributed by atoms with Crippen molar-refractivity contribution in [2.24, 2.45) is 0 Å². The largest absolute Gasteiger partial charge is 0.293 e. The number of Topliss-reactive ketones (excluding diaryl/α,β-unsaturated/α-hetero) is 1. The highest BCUT2D eigenvalue weighted by molar-refractivity contribution is 8.00. The van der Waals surface area contributed by atoms with Crippen molar-refractivity contribution in [2.75, 3.05) is 5.75 Å². The first-order valence-electron chi connectivity index (χ1n) is 5.33. The van der Waals surface area contributed by atoms with Gasteiger partial charge in [0.25, 0.3) is 0 Å². The van der Waals surface area contributed by atoms with Crippen LogP contribution < -0.4 is 0 Å². The molecule has 0 fully saturated rings. The number of hydrogen-bond donors (Lipinski definition) is 0. The standard InChI is InChI=1S/C14H10F2OS/c15-11-6-7-14(12(16)8-11)18-9-13(17)10-4-2-1-3-5-10/h1-8H,9H2. The zero-order valence-corrected chi connectivity index (χ0v) is 10.2. The highest BCUT2D eigenvalue weighted by atomic mass is 32.2. The van der Waals surface area contributed by atoms with E-state index in [2.05, 4.69) is 0 Å². The van der Waals surface area contributed by atoms with Gasteiger partial charge >= 0.3 is 0 Å². The Morgan fingerprint density at radius 3 is 2.44 bits per heavy atom. The van der Waals surface area contributed by atoms with Crippen molar-refractivity contribution in [3.63, 3.8) is 0 Å². The maximum Gasteiger partial charge on any atom is 0.173 e. The van der Waals surface area contributed by atoms with Crippen LogP contribution in [0.2, 0.25) is 0 Å². The average Bonchev–Trinajstić information content (AvgIpc) is 2.38. The first-order chi connectivity index (χ1) is 8.66. The predicted octanol–water partition coefficient (Wildman–Crippen LogP) is 3.94. The summed E-state index contributed by atoms with van der Waals surface area (Å²) in [7, 11) is 0. The minimum absolute atomic E-state index is 0.0793. The van der Waals surface area contributed by atoms with Crippen molar-refractivity contribution < 1.29 is 13.6 Å². The zero-order chi connectivity index (χ0) is 13.0. The molecule has 0 aliphatic heterocycles. The molecule has 0 aliphatic rings. The highest BCUT2D eigenvalue weighted by Gasteiger charge is 2.09. The Labute approximate surface area is 108 Å². The molecular formula is C14H10F2OS. The van der Waals surface area contributed by atoms with E-state index in [0.717, 1.165) is 17.8 Å². The van der Waals surface area contributed by atoms with Crippen LogP contribution in [0, 0.1) is 11.6 Å². The monoisotopic (exact) mass is 264 g/mol. The third-order valence-corrected chi connectivity index (χ3v) is 3.40. The summed E-state index contributed by atoms with van der Waals surface area (Å²) in [6, 6.07) is 12.1. The lowest BCUT2D eigenvalue weighted by atomic mass is 10.2. The van der Waals surface area contributed by atoms with Gasteiger partial charge in [-0.3, -0.25) is 4.79 Å². The van der Waals surface area contributed by atoms with Crippen LogP contribution in [-0.4, -0.2) is 11.5 Å². The summed E-state index contributed by atoms with van der Waals surface area (Å²) in [5, 5.41) is 0. The molecule has 0 saturated carbocycles. The molecule has 2 aromatic rings. The lowest BCUT2D eigenvalue weighted by Gasteiger charge is -2.03. The molecular weight excluding hydrogens is 254 g/mol. The molecule has 92 valence electrons. The highest BCUT2D eigenvalue weighted by Crippen LogP contribution is 2.23. The van der Waals surface area contributed by atoms with Gasteiger partial charge in [0.05, 0.1) is 5.75 Å². The molecule has 0 saturated heterocycles. The number of carbonyl (C=O) groups excluding carboxylic acids is 1. The number of thioether (sulfide) groups is 1. The molecule has 0 radical (unpaired) electrons. The van der Waals surface area contributed by atoms with Crippen LogP contribution in [0.25, 0.3) is 0 Å². The first kappa shape index (κ1) is 12.8. The number of hydrogen-bond acceptors (Lipinski definition) is 2. The maximum absolute atomic E-state index is 13.3. The smallest absolute Gasteiger partial charge is 0.173 e. The van der Waals surface area contributed by atoms with Crippen molar-refractivity contribution in [2.45, 2.75) is 4.90 Å². The van der Waals surface area contributed by atoms with Crippen molar-refractivity contribution >= 4 is 17.5 Å². The molecule has 0 amide bonds. The van der Waals surface area contributed by atoms with E-state index in [1.54, 1.807) is 24.3 Å². The normalized spacial score (nSPS) is 10.3. The van der Waals surface area contributed by atoms with Gasteiger partial charge < -0.3 is 0 Å². The first-order valence-corrected chi connectivity index (χ1v) is 6.31. The summed E-state index contributed by atoms with van der Waals surface area (Å²) in [4.78, 5) is 12.1. The van der Waals surface area contributed by atoms with Gasteiger partial charge in [-0.2, -0.15) is 0 Å². The summed E-state index contributed by atoms with van der Waals surface area (Å²) in [6.45, 7) is 0. The fourth-order valence-corrected chi connectivity index (χ4v) is 2.26. The average molecular weight is 264 g/mol. The molecule has 1 nitrogen and oxygen atoms in total. The summed E-state index contributed by atoms with van der Waals surface area (Å²) in [5.41, 5.74) is 0.590. The molecule has 2 rings (SSSR count). The van der Waals surface area contributed by atoms with Gasteiger partial charge in [0.2, 0.25) is 0 Å². The Bertz CT molecular complexity index is 555. The Hall–Kier alpha value is -1.68. The van der Waals surface area contributed by atoms with Crippen LogP contribution in [0.3, 0.4) is 0 Å². The number of benzene rings is 2. The topological polar surface area (TPSA) is 17.1 Å². The van der Waals surface area contributed by atoms with Gasteiger partial charge in [0.15, 0.2) is 5.78 Å². The molecule has 0 aromatic heterocycles. The third-order valence-electron chi connectivity index (χ3n) is 2.35. The number of carbonyl (C=O) groups is 1. The fraction of sp³-hybridized carbons (Fsp3) is 0.0714. The van der Waals surface area contributed by atoms with Crippen molar-refractivity contribution in [1.29, 1.82) is 0 Å². The van der Waals surface area contributed by atoms with E-state index in [0.29, 0.717) is 5.56 Å². The second-order valence-corrected chi connectivity index (χ2v) is 4.67. The van der Waals surface area contributed by atoms with E-state index in [1.165, 1.54) is 12.1 Å². The third kappa shape index (κ3) is 3.17. The molecule has 0 spiro atoms. The maximum atomic E-state index is 13.3. The molecule has 0 unspecified atom stereocenters. The van der Waals surface area contributed by atoms with Gasteiger partial charge in [-0.15, -0.1) is 11.8 Å². The van der Waals surface area contributed by atoms with Crippen LogP contribution in [0.15, 0.2) is 53.4 Å². The Morgan fingerprint density at radius 1 is 1.06 bits per heavy atom. The molecule has 18 heavy (non-hydrogen) atoms. The van der Waals surface area contributed by atoms with Gasteiger partial charge in [-0.25, -0.2) is 8.78 Å². The Balaban J connectivity index is 2.02. The summed E-state index contributed by atoms with van der Waals surface area (Å²) < 4.78 is 26.0. The molecule has 0 atom stereocenters. The minimum Gasteiger partial charge on any atom is -0.293 e. The Kier molecular flexibility index (Phi) is 4.10. The van der Waals surface area contributed by atoms with E-state index in [-0.39, 0.29) is 16.4 Å². The van der Waals surface area contributed by atoms with Crippen molar-refractivity contribution in [1.82, 2.24) is 0 Å². The van der Waals surface area contributed by atoms with E-state index in [9.17, 15) is 13.6 Å². The summed E-state index contributed by atoms with van der Waals surface area (Å²) in [6.07, 6.45) is 0. The van der Waals surface area contributed by atoms with Crippen LogP contribution in [0.4, 0.5) is 8.78 Å². The molecule has 0 aliphatic carbocycles. The van der Waals surface area contributed by atoms with Crippen LogP contribution in [0.5, 0.6) is 0 Å². The molecule has 0 N–H and O–H groups in total. The van der Waals surface area contributed by atoms with Crippen LogP contribution >= 0.6 is 11.8 Å². The molecule has 4 heteroatoms.